The number of benzene rings is 2. The Morgan fingerprint density at radius 3 is 2.58 bits per heavy atom. The minimum atomic E-state index is -0.320. The first-order valence-corrected chi connectivity index (χ1v) is 19.7. The lowest BCUT2D eigenvalue weighted by molar-refractivity contribution is 0.0322. The van der Waals surface area contributed by atoms with Crippen LogP contribution in [-0.4, -0.2) is 93.3 Å². The van der Waals surface area contributed by atoms with Gasteiger partial charge in [-0.25, -0.2) is 9.48 Å². The summed E-state index contributed by atoms with van der Waals surface area (Å²) in [5.74, 6) is 2.81. The van der Waals surface area contributed by atoms with Crippen LogP contribution in [0.4, 0.5) is 10.6 Å². The fraction of sp³-hybridized carbons (Fsp3) is 0.463. The molecule has 1 aliphatic carbocycles. The number of amides is 2. The Labute approximate surface area is 326 Å². The summed E-state index contributed by atoms with van der Waals surface area (Å²) in [6.45, 7) is 11.9. The van der Waals surface area contributed by atoms with E-state index in [4.69, 9.17) is 30.9 Å². The van der Waals surface area contributed by atoms with Gasteiger partial charge in [0, 0.05) is 37.2 Å². The zero-order valence-corrected chi connectivity index (χ0v) is 32.8. The van der Waals surface area contributed by atoms with E-state index in [1.165, 1.54) is 0 Å². The number of rotatable bonds is 10. The van der Waals surface area contributed by atoms with Gasteiger partial charge in [-0.3, -0.25) is 19.5 Å². The molecule has 3 atom stereocenters. The largest absolute Gasteiger partial charge is 0.491 e. The number of ether oxygens (including phenoxy) is 3. The van der Waals surface area contributed by atoms with Crippen molar-refractivity contribution >= 4 is 29.1 Å². The molecule has 0 saturated carbocycles. The predicted molar refractivity (Wildman–Crippen MR) is 212 cm³/mol. The molecule has 3 aliphatic rings. The van der Waals surface area contributed by atoms with Gasteiger partial charge in [-0.15, -0.1) is 10.2 Å². The molecule has 13 nitrogen and oxygen atoms in total. The molecule has 1 unspecified atom stereocenters. The minimum Gasteiger partial charge on any atom is -0.491 e. The van der Waals surface area contributed by atoms with Crippen LogP contribution in [0.2, 0.25) is 5.02 Å². The summed E-state index contributed by atoms with van der Waals surface area (Å²) in [7, 11) is 2.14. The topological polar surface area (TPSA) is 123 Å². The van der Waals surface area contributed by atoms with E-state index in [9.17, 15) is 4.79 Å². The summed E-state index contributed by atoms with van der Waals surface area (Å²) < 4.78 is 22.1. The van der Waals surface area contributed by atoms with Crippen molar-refractivity contribution in [3.63, 3.8) is 0 Å². The summed E-state index contributed by atoms with van der Waals surface area (Å²) in [4.78, 5) is 18.5. The molecule has 14 heteroatoms. The number of fused-ring (bicyclic) bond motifs is 2. The Balaban J connectivity index is 0.972. The molecule has 3 aromatic heterocycles. The van der Waals surface area contributed by atoms with Gasteiger partial charge in [0.2, 0.25) is 0 Å². The molecule has 2 amide bonds. The van der Waals surface area contributed by atoms with Crippen molar-refractivity contribution in [1.82, 2.24) is 39.5 Å². The fourth-order valence-electron chi connectivity index (χ4n) is 7.80. The number of nitrogens with zero attached hydrogens (tertiary/aromatic N) is 7. The molecule has 290 valence electrons. The van der Waals surface area contributed by atoms with Crippen molar-refractivity contribution in [3.8, 4) is 17.2 Å². The molecular weight excluding hydrogens is 718 g/mol. The molecule has 55 heavy (non-hydrogen) atoms. The van der Waals surface area contributed by atoms with Crippen molar-refractivity contribution in [2.24, 2.45) is 0 Å². The van der Waals surface area contributed by atoms with Crippen LogP contribution in [0, 0.1) is 0 Å². The van der Waals surface area contributed by atoms with E-state index in [1.54, 1.807) is 10.7 Å². The van der Waals surface area contributed by atoms with Crippen LogP contribution < -0.4 is 20.1 Å². The Bertz CT molecular complexity index is 2140. The summed E-state index contributed by atoms with van der Waals surface area (Å²) in [5, 5.41) is 20.8. The van der Waals surface area contributed by atoms with Crippen LogP contribution in [-0.2, 0) is 10.2 Å². The van der Waals surface area contributed by atoms with Crippen molar-refractivity contribution in [2.45, 2.75) is 70.1 Å². The maximum Gasteiger partial charge on any atom is 0.320 e. The standard InChI is InChI=1S/C41H50ClN9O4/c1-41(2,3)36-25-38(51(47-36)27-11-13-31(42)35(24-27)54-23-20-49-18-21-53-22-19-49)44-40(52)43-32-14-15-34(30-9-6-5-8-29(30)32)55-28-12-16-37-45-46-39(50(37)26-28)33-10-7-17-48(33)4/h5-6,8-9,11-13,16,24-26,32-34H,7,10,14-15,17-23H2,1-4H3,(H2,43,44,52)/t32-,33?,34+/m0/s1. The van der Waals surface area contributed by atoms with Crippen molar-refractivity contribution < 1.29 is 19.0 Å². The van der Waals surface area contributed by atoms with Crippen LogP contribution in [0.25, 0.3) is 11.3 Å². The number of halogens is 1. The third kappa shape index (κ3) is 8.16. The number of hydrogen-bond donors (Lipinski definition) is 2. The molecule has 0 bridgehead atoms. The average molecular weight is 768 g/mol. The lowest BCUT2D eigenvalue weighted by Gasteiger charge is -2.32. The highest BCUT2D eigenvalue weighted by Crippen LogP contribution is 2.39. The Hall–Kier alpha value is -4.69. The van der Waals surface area contributed by atoms with Gasteiger partial charge in [0.1, 0.15) is 30.0 Å². The highest BCUT2D eigenvalue weighted by atomic mass is 35.5. The Kier molecular flexibility index (Phi) is 10.7. The predicted octanol–water partition coefficient (Wildman–Crippen LogP) is 7.12. The van der Waals surface area contributed by atoms with E-state index in [-0.39, 0.29) is 29.6 Å². The zero-order chi connectivity index (χ0) is 38.1. The summed E-state index contributed by atoms with van der Waals surface area (Å²) in [6.07, 6.45) is 5.48. The average Bonchev–Trinajstić information content (AvgIpc) is 3.92. The Morgan fingerprint density at radius 1 is 0.982 bits per heavy atom. The van der Waals surface area contributed by atoms with E-state index >= 15 is 0 Å². The van der Waals surface area contributed by atoms with E-state index < -0.39 is 0 Å². The number of carbonyl (C=O) groups is 1. The van der Waals surface area contributed by atoms with Gasteiger partial charge in [-0.2, -0.15) is 5.10 Å². The molecule has 5 aromatic rings. The van der Waals surface area contributed by atoms with Gasteiger partial charge in [0.05, 0.1) is 47.9 Å². The first-order valence-electron chi connectivity index (χ1n) is 19.3. The van der Waals surface area contributed by atoms with Gasteiger partial charge in [0.25, 0.3) is 0 Å². The second kappa shape index (κ2) is 15.8. The lowest BCUT2D eigenvalue weighted by atomic mass is 9.85. The number of morpholine rings is 1. The van der Waals surface area contributed by atoms with E-state index in [0.717, 1.165) is 98.4 Å². The van der Waals surface area contributed by atoms with Crippen LogP contribution in [0.1, 0.15) is 87.3 Å². The van der Waals surface area contributed by atoms with Gasteiger partial charge in [-0.05, 0) is 74.7 Å². The number of pyridine rings is 1. The molecule has 2 fully saturated rings. The van der Waals surface area contributed by atoms with Crippen LogP contribution >= 0.6 is 11.6 Å². The molecular formula is C41H50ClN9O4. The van der Waals surface area contributed by atoms with E-state index in [2.05, 4.69) is 75.0 Å². The van der Waals surface area contributed by atoms with Gasteiger partial charge >= 0.3 is 6.03 Å². The summed E-state index contributed by atoms with van der Waals surface area (Å²) in [5.41, 5.74) is 4.21. The number of hydrogen-bond acceptors (Lipinski definition) is 9. The van der Waals surface area contributed by atoms with Gasteiger partial charge in [-0.1, -0.05) is 56.6 Å². The van der Waals surface area contributed by atoms with Gasteiger partial charge < -0.3 is 19.5 Å². The van der Waals surface area contributed by atoms with Crippen LogP contribution in [0.5, 0.6) is 11.5 Å². The first-order chi connectivity index (χ1) is 26.6. The molecule has 2 aliphatic heterocycles. The quantitative estimate of drug-likeness (QED) is 0.153. The fourth-order valence-corrected chi connectivity index (χ4v) is 7.97. The van der Waals surface area contributed by atoms with E-state index in [1.807, 2.05) is 48.7 Å². The highest BCUT2D eigenvalue weighted by Gasteiger charge is 2.31. The SMILES string of the molecule is CN1CCCC1c1nnc2ccc(O[C@@H]3CC[C@H](NC(=O)Nc4cc(C(C)(C)C)nn4-c4ccc(Cl)c(OCCN5CCOCC5)c4)c4ccccc43)cn12. The monoisotopic (exact) mass is 767 g/mol. The molecule has 2 N–H and O–H groups in total. The normalized spacial score (nSPS) is 20.7. The van der Waals surface area contributed by atoms with Crippen molar-refractivity contribution in [3.05, 3.63) is 94.5 Å². The maximum atomic E-state index is 13.8. The molecule has 0 spiro atoms. The lowest BCUT2D eigenvalue weighted by Crippen LogP contribution is -2.38. The third-order valence-corrected chi connectivity index (χ3v) is 11.2. The van der Waals surface area contributed by atoms with Crippen LogP contribution in [0.3, 0.4) is 0 Å². The molecule has 2 saturated heterocycles. The Morgan fingerprint density at radius 2 is 1.80 bits per heavy atom. The second-order valence-electron chi connectivity index (χ2n) is 15.7. The minimum absolute atomic E-state index is 0.171. The van der Waals surface area contributed by atoms with Crippen molar-refractivity contribution in [1.29, 1.82) is 0 Å². The van der Waals surface area contributed by atoms with Gasteiger partial charge in [0.15, 0.2) is 11.5 Å². The molecule has 8 rings (SSSR count). The number of urea groups is 1. The maximum absolute atomic E-state index is 13.8. The number of nitrogens with one attached hydrogen (secondary N) is 2. The molecule has 2 aromatic carbocycles. The molecule has 0 radical (unpaired) electrons. The van der Waals surface area contributed by atoms with Crippen molar-refractivity contribution in [2.75, 3.05) is 58.4 Å². The number of aromatic nitrogens is 5. The zero-order valence-electron chi connectivity index (χ0n) is 32.0. The second-order valence-corrected chi connectivity index (χ2v) is 16.2. The van der Waals surface area contributed by atoms with E-state index in [0.29, 0.717) is 29.6 Å². The first kappa shape index (κ1) is 37.2. The number of carbonyl (C=O) groups excluding carboxylic acids is 1. The molecule has 5 heterocycles. The third-order valence-electron chi connectivity index (χ3n) is 10.9. The van der Waals surface area contributed by atoms with Crippen LogP contribution in [0.15, 0.2) is 66.9 Å². The number of likely N-dealkylation sites (tertiary alicyclic amines) is 1. The summed E-state index contributed by atoms with van der Waals surface area (Å²) in [6, 6.07) is 19.3. The smallest absolute Gasteiger partial charge is 0.320 e. The highest BCUT2D eigenvalue weighted by molar-refractivity contribution is 6.32. The number of anilines is 1. The summed E-state index contributed by atoms with van der Waals surface area (Å²) >= 11 is 6.58.